The van der Waals surface area contributed by atoms with Crippen molar-refractivity contribution in [3.8, 4) is 11.3 Å². The summed E-state index contributed by atoms with van der Waals surface area (Å²) in [6, 6.07) is 8.69. The molecule has 1 unspecified atom stereocenters. The van der Waals surface area contributed by atoms with Crippen LogP contribution in [0.1, 0.15) is 18.0 Å². The molecule has 0 radical (unpaired) electrons. The average Bonchev–Trinajstić information content (AvgIpc) is 2.97. The summed E-state index contributed by atoms with van der Waals surface area (Å²) in [4.78, 5) is 4.30. The Labute approximate surface area is 117 Å². The van der Waals surface area contributed by atoms with E-state index in [0.717, 1.165) is 19.6 Å². The Morgan fingerprint density at radius 3 is 2.90 bits per heavy atom. The lowest BCUT2D eigenvalue weighted by Gasteiger charge is -2.60. The highest BCUT2D eigenvalue weighted by Crippen LogP contribution is 2.60. The van der Waals surface area contributed by atoms with E-state index in [2.05, 4.69) is 33.8 Å². The molecule has 5 rings (SSSR count). The maximum absolute atomic E-state index is 10.4. The van der Waals surface area contributed by atoms with Crippen LogP contribution in [-0.4, -0.2) is 34.0 Å². The van der Waals surface area contributed by atoms with Crippen molar-refractivity contribution < 1.29 is 9.84 Å². The molecule has 4 heteroatoms. The summed E-state index contributed by atoms with van der Waals surface area (Å²) < 4.78 is 7.67. The van der Waals surface area contributed by atoms with Gasteiger partial charge in [0.05, 0.1) is 43.6 Å². The van der Waals surface area contributed by atoms with E-state index in [1.807, 2.05) is 12.5 Å². The molecule has 4 nitrogen and oxygen atoms in total. The number of aromatic nitrogens is 2. The molecule has 1 aromatic heterocycles. The fourth-order valence-electron chi connectivity index (χ4n) is 4.39. The minimum atomic E-state index is -0.231. The Morgan fingerprint density at radius 2 is 2.15 bits per heavy atom. The van der Waals surface area contributed by atoms with Crippen molar-refractivity contribution in [2.45, 2.75) is 18.6 Å². The van der Waals surface area contributed by atoms with Crippen molar-refractivity contribution >= 4 is 0 Å². The van der Waals surface area contributed by atoms with E-state index in [1.54, 1.807) is 0 Å². The van der Waals surface area contributed by atoms with Crippen molar-refractivity contribution in [3.05, 3.63) is 42.4 Å². The molecule has 2 aliphatic heterocycles. The molecule has 1 saturated heterocycles. The zero-order valence-corrected chi connectivity index (χ0v) is 11.1. The van der Waals surface area contributed by atoms with E-state index < -0.39 is 0 Å². The second kappa shape index (κ2) is 3.51. The van der Waals surface area contributed by atoms with Gasteiger partial charge in [0.1, 0.15) is 0 Å². The Balaban J connectivity index is 1.68. The first kappa shape index (κ1) is 11.1. The molecular formula is C16H16N2O2. The van der Waals surface area contributed by atoms with Gasteiger partial charge in [0.15, 0.2) is 0 Å². The average molecular weight is 268 g/mol. The van der Waals surface area contributed by atoms with Gasteiger partial charge in [-0.05, 0) is 12.0 Å². The molecular weight excluding hydrogens is 252 g/mol. The fraction of sp³-hybridized carbons (Fsp3) is 0.438. The molecule has 0 amide bonds. The lowest BCUT2D eigenvalue weighted by atomic mass is 9.53. The molecule has 1 saturated carbocycles. The van der Waals surface area contributed by atoms with Gasteiger partial charge in [-0.2, -0.15) is 0 Å². The van der Waals surface area contributed by atoms with Gasteiger partial charge in [-0.3, -0.25) is 0 Å². The summed E-state index contributed by atoms with van der Waals surface area (Å²) in [5, 5.41) is 10.4. The summed E-state index contributed by atoms with van der Waals surface area (Å²) in [5.74, 6) is 0.243. The number of ether oxygens (including phenoxy) is 1. The zero-order chi connectivity index (χ0) is 13.3. The standard InChI is InChI=1S/C16H16N2O2/c19-13-5-16(7-20-8-16)14(13)15-11-4-2-1-3-10(11)12-6-17-9-18(12)15/h1-4,6,9,13-15,19H,5,7-8H2/t13?,14-,15-/m0/s1. The van der Waals surface area contributed by atoms with E-state index in [0.29, 0.717) is 0 Å². The van der Waals surface area contributed by atoms with Crippen LogP contribution in [0.5, 0.6) is 0 Å². The monoisotopic (exact) mass is 268 g/mol. The first-order valence-electron chi connectivity index (χ1n) is 7.17. The third kappa shape index (κ3) is 1.13. The van der Waals surface area contributed by atoms with Gasteiger partial charge in [0.2, 0.25) is 0 Å². The maximum Gasteiger partial charge on any atom is 0.0956 e. The van der Waals surface area contributed by atoms with E-state index in [4.69, 9.17) is 4.74 Å². The first-order chi connectivity index (χ1) is 9.80. The molecule has 102 valence electrons. The minimum Gasteiger partial charge on any atom is -0.393 e. The summed E-state index contributed by atoms with van der Waals surface area (Å²) in [6.45, 7) is 1.58. The second-order valence-electron chi connectivity index (χ2n) is 6.37. The van der Waals surface area contributed by atoms with E-state index in [-0.39, 0.29) is 23.5 Å². The summed E-state index contributed by atoms with van der Waals surface area (Å²) in [7, 11) is 0. The molecule has 3 heterocycles. The smallest absolute Gasteiger partial charge is 0.0956 e. The number of nitrogens with zero attached hydrogens (tertiary/aromatic N) is 2. The molecule has 2 fully saturated rings. The topological polar surface area (TPSA) is 47.3 Å². The summed E-state index contributed by atoms with van der Waals surface area (Å²) in [5.41, 5.74) is 3.92. The lowest BCUT2D eigenvalue weighted by Crippen LogP contribution is -2.64. The van der Waals surface area contributed by atoms with Gasteiger partial charge in [0, 0.05) is 16.9 Å². The first-order valence-corrected chi connectivity index (χ1v) is 7.17. The molecule has 0 bridgehead atoms. The van der Waals surface area contributed by atoms with Crippen LogP contribution in [0.15, 0.2) is 36.8 Å². The van der Waals surface area contributed by atoms with Crippen LogP contribution in [0.3, 0.4) is 0 Å². The third-order valence-electron chi connectivity index (χ3n) is 5.38. The Bertz CT molecular complexity index is 689. The van der Waals surface area contributed by atoms with E-state index in [9.17, 15) is 5.11 Å². The molecule has 1 N–H and O–H groups in total. The largest absolute Gasteiger partial charge is 0.393 e. The summed E-state index contributed by atoms with van der Waals surface area (Å²) >= 11 is 0. The van der Waals surface area contributed by atoms with E-state index in [1.165, 1.54) is 16.8 Å². The van der Waals surface area contributed by atoms with Gasteiger partial charge in [-0.25, -0.2) is 4.98 Å². The number of imidazole rings is 1. The number of fused-ring (bicyclic) bond motifs is 3. The Hall–Kier alpha value is -1.65. The zero-order valence-electron chi connectivity index (χ0n) is 11.1. The van der Waals surface area contributed by atoms with Crippen LogP contribution in [-0.2, 0) is 4.74 Å². The number of aliphatic hydroxyl groups is 1. The molecule has 2 aromatic rings. The Morgan fingerprint density at radius 1 is 1.30 bits per heavy atom. The van der Waals surface area contributed by atoms with Gasteiger partial charge >= 0.3 is 0 Å². The molecule has 1 aliphatic carbocycles. The molecule has 1 aromatic carbocycles. The Kier molecular flexibility index (Phi) is 1.94. The number of benzene rings is 1. The third-order valence-corrected chi connectivity index (χ3v) is 5.38. The van der Waals surface area contributed by atoms with Crippen LogP contribution in [0.4, 0.5) is 0 Å². The molecule has 3 aliphatic rings. The second-order valence-corrected chi connectivity index (χ2v) is 6.37. The van der Waals surface area contributed by atoms with Crippen molar-refractivity contribution in [3.63, 3.8) is 0 Å². The van der Waals surface area contributed by atoms with Crippen molar-refractivity contribution in [1.82, 2.24) is 9.55 Å². The van der Waals surface area contributed by atoms with Gasteiger partial charge < -0.3 is 14.4 Å². The highest BCUT2D eigenvalue weighted by atomic mass is 16.5. The quantitative estimate of drug-likeness (QED) is 0.858. The normalized spacial score (nSPS) is 32.4. The predicted molar refractivity (Wildman–Crippen MR) is 73.2 cm³/mol. The fourth-order valence-corrected chi connectivity index (χ4v) is 4.39. The van der Waals surface area contributed by atoms with Crippen LogP contribution < -0.4 is 0 Å². The number of hydrogen-bond donors (Lipinski definition) is 1. The molecule has 1 spiro atoms. The van der Waals surface area contributed by atoms with Crippen LogP contribution >= 0.6 is 0 Å². The van der Waals surface area contributed by atoms with Gasteiger partial charge in [-0.1, -0.05) is 24.3 Å². The van der Waals surface area contributed by atoms with Crippen molar-refractivity contribution in [2.75, 3.05) is 13.2 Å². The maximum atomic E-state index is 10.4. The van der Waals surface area contributed by atoms with Gasteiger partial charge in [-0.15, -0.1) is 0 Å². The van der Waals surface area contributed by atoms with Gasteiger partial charge in [0.25, 0.3) is 0 Å². The lowest BCUT2D eigenvalue weighted by molar-refractivity contribution is -0.250. The molecule has 20 heavy (non-hydrogen) atoms. The van der Waals surface area contributed by atoms with Crippen LogP contribution in [0.25, 0.3) is 11.3 Å². The number of hydrogen-bond acceptors (Lipinski definition) is 3. The van der Waals surface area contributed by atoms with Crippen LogP contribution in [0, 0.1) is 11.3 Å². The molecule has 3 atom stereocenters. The highest BCUT2D eigenvalue weighted by molar-refractivity contribution is 5.69. The number of aliphatic hydroxyl groups excluding tert-OH is 1. The summed E-state index contributed by atoms with van der Waals surface area (Å²) in [6.07, 6.45) is 4.47. The highest BCUT2D eigenvalue weighted by Gasteiger charge is 2.62. The predicted octanol–water partition coefficient (Wildman–Crippen LogP) is 1.85. The van der Waals surface area contributed by atoms with Crippen LogP contribution in [0.2, 0.25) is 0 Å². The SMILES string of the molecule is OC1CC2(COC2)[C@@H]1[C@@H]1c2ccccc2-c2cncn21. The minimum absolute atomic E-state index is 0.184. The van der Waals surface area contributed by atoms with E-state index >= 15 is 0 Å². The van der Waals surface area contributed by atoms with Crippen molar-refractivity contribution in [2.24, 2.45) is 11.3 Å². The van der Waals surface area contributed by atoms with Crippen molar-refractivity contribution in [1.29, 1.82) is 0 Å². The number of rotatable bonds is 1.